The molecule has 104 valence electrons. The standard InChI is InChI=1S/C14H19BrN2O2/c1-9-5-12(3-4-13(9)15)17-7-10(2)16-11(8-17)6-14(18)19/h3-5,10-11,16H,6-8H2,1-2H3,(H,18,19). The Morgan fingerprint density at radius 2 is 2.26 bits per heavy atom. The maximum atomic E-state index is 10.9. The lowest BCUT2D eigenvalue weighted by atomic mass is 10.1. The van der Waals surface area contributed by atoms with Crippen LogP contribution in [0, 0.1) is 6.92 Å². The van der Waals surface area contributed by atoms with Crippen molar-refractivity contribution in [2.75, 3.05) is 18.0 Å². The van der Waals surface area contributed by atoms with Crippen LogP contribution in [0.4, 0.5) is 5.69 Å². The van der Waals surface area contributed by atoms with Crippen LogP contribution in [0.2, 0.25) is 0 Å². The smallest absolute Gasteiger partial charge is 0.304 e. The third-order valence-corrected chi connectivity index (χ3v) is 4.27. The molecule has 0 amide bonds. The molecule has 4 nitrogen and oxygen atoms in total. The van der Waals surface area contributed by atoms with Gasteiger partial charge >= 0.3 is 5.97 Å². The van der Waals surface area contributed by atoms with Gasteiger partial charge in [-0.1, -0.05) is 15.9 Å². The molecule has 1 fully saturated rings. The second-order valence-electron chi connectivity index (χ2n) is 5.20. The molecule has 2 unspecified atom stereocenters. The molecular weight excluding hydrogens is 308 g/mol. The lowest BCUT2D eigenvalue weighted by Gasteiger charge is -2.38. The molecule has 0 aliphatic carbocycles. The van der Waals surface area contributed by atoms with Crippen LogP contribution in [-0.2, 0) is 4.79 Å². The number of nitrogens with one attached hydrogen (secondary N) is 1. The van der Waals surface area contributed by atoms with Crippen molar-refractivity contribution in [1.82, 2.24) is 5.32 Å². The van der Waals surface area contributed by atoms with Crippen molar-refractivity contribution in [3.8, 4) is 0 Å². The first-order chi connectivity index (χ1) is 8.95. The zero-order chi connectivity index (χ0) is 14.0. The van der Waals surface area contributed by atoms with E-state index >= 15 is 0 Å². The van der Waals surface area contributed by atoms with Crippen LogP contribution in [0.5, 0.6) is 0 Å². The highest BCUT2D eigenvalue weighted by molar-refractivity contribution is 9.10. The van der Waals surface area contributed by atoms with Gasteiger partial charge in [0.1, 0.15) is 0 Å². The Hall–Kier alpha value is -1.07. The highest BCUT2D eigenvalue weighted by Crippen LogP contribution is 2.24. The Kier molecular flexibility index (Phi) is 4.47. The van der Waals surface area contributed by atoms with Gasteiger partial charge in [0.05, 0.1) is 6.42 Å². The molecule has 2 N–H and O–H groups in total. The summed E-state index contributed by atoms with van der Waals surface area (Å²) in [4.78, 5) is 13.1. The van der Waals surface area contributed by atoms with Crippen molar-refractivity contribution in [3.05, 3.63) is 28.2 Å². The molecule has 0 aromatic heterocycles. The van der Waals surface area contributed by atoms with Crippen molar-refractivity contribution in [2.45, 2.75) is 32.4 Å². The number of anilines is 1. The van der Waals surface area contributed by atoms with Crippen molar-refractivity contribution in [3.63, 3.8) is 0 Å². The fraction of sp³-hybridized carbons (Fsp3) is 0.500. The molecule has 0 saturated carbocycles. The van der Waals surface area contributed by atoms with E-state index in [0.29, 0.717) is 6.04 Å². The largest absolute Gasteiger partial charge is 0.481 e. The molecule has 1 aliphatic heterocycles. The highest BCUT2D eigenvalue weighted by Gasteiger charge is 2.25. The topological polar surface area (TPSA) is 52.6 Å². The van der Waals surface area contributed by atoms with Gasteiger partial charge in [-0.15, -0.1) is 0 Å². The first kappa shape index (κ1) is 14.3. The number of carboxylic acid groups (broad SMARTS) is 1. The van der Waals surface area contributed by atoms with Crippen LogP contribution in [0.3, 0.4) is 0 Å². The normalized spacial score (nSPS) is 23.4. The zero-order valence-corrected chi connectivity index (χ0v) is 12.8. The molecule has 0 spiro atoms. The van der Waals surface area contributed by atoms with E-state index in [1.54, 1.807) is 0 Å². The van der Waals surface area contributed by atoms with Crippen LogP contribution in [0.15, 0.2) is 22.7 Å². The Morgan fingerprint density at radius 3 is 2.89 bits per heavy atom. The lowest BCUT2D eigenvalue weighted by Crippen LogP contribution is -2.56. The molecule has 1 aromatic carbocycles. The van der Waals surface area contributed by atoms with Gasteiger partial charge in [-0.05, 0) is 37.6 Å². The summed E-state index contributed by atoms with van der Waals surface area (Å²) in [7, 11) is 0. The molecule has 0 bridgehead atoms. The molecule has 1 aromatic rings. The molecule has 19 heavy (non-hydrogen) atoms. The van der Waals surface area contributed by atoms with Gasteiger partial charge in [0.2, 0.25) is 0 Å². The van der Waals surface area contributed by atoms with Crippen LogP contribution in [0.1, 0.15) is 18.9 Å². The number of hydrogen-bond donors (Lipinski definition) is 2. The first-order valence-electron chi connectivity index (χ1n) is 6.44. The van der Waals surface area contributed by atoms with Gasteiger partial charge in [-0.2, -0.15) is 0 Å². The number of aliphatic carboxylic acids is 1. The van der Waals surface area contributed by atoms with E-state index < -0.39 is 5.97 Å². The SMILES string of the molecule is Cc1cc(N2CC(C)NC(CC(=O)O)C2)ccc1Br. The Morgan fingerprint density at radius 1 is 1.53 bits per heavy atom. The van der Waals surface area contributed by atoms with E-state index in [2.05, 4.69) is 52.1 Å². The number of aryl methyl sites for hydroxylation is 1. The number of nitrogens with zero attached hydrogens (tertiary/aromatic N) is 1. The molecule has 1 aliphatic rings. The molecule has 1 heterocycles. The summed E-state index contributed by atoms with van der Waals surface area (Å²) in [5, 5.41) is 12.3. The number of hydrogen-bond acceptors (Lipinski definition) is 3. The van der Waals surface area contributed by atoms with Gasteiger partial charge in [-0.25, -0.2) is 0 Å². The lowest BCUT2D eigenvalue weighted by molar-refractivity contribution is -0.137. The van der Waals surface area contributed by atoms with Crippen LogP contribution in [-0.4, -0.2) is 36.2 Å². The summed E-state index contributed by atoms with van der Waals surface area (Å²) in [5.41, 5.74) is 2.35. The minimum Gasteiger partial charge on any atom is -0.481 e. The van der Waals surface area contributed by atoms with Crippen molar-refractivity contribution in [2.24, 2.45) is 0 Å². The summed E-state index contributed by atoms with van der Waals surface area (Å²) in [5.74, 6) is -0.751. The molecular formula is C14H19BrN2O2. The average Bonchev–Trinajstić information content (AvgIpc) is 2.31. The second-order valence-corrected chi connectivity index (χ2v) is 6.06. The van der Waals surface area contributed by atoms with Gasteiger partial charge in [-0.3, -0.25) is 4.79 Å². The first-order valence-corrected chi connectivity index (χ1v) is 7.24. The molecule has 0 radical (unpaired) electrons. The van der Waals surface area contributed by atoms with E-state index in [-0.39, 0.29) is 12.5 Å². The zero-order valence-electron chi connectivity index (χ0n) is 11.2. The maximum Gasteiger partial charge on any atom is 0.304 e. The predicted octanol–water partition coefficient (Wildman–Crippen LogP) is 2.40. The molecule has 5 heteroatoms. The second kappa shape index (κ2) is 5.92. The number of benzene rings is 1. The quantitative estimate of drug-likeness (QED) is 0.895. The number of carboxylic acids is 1. The van der Waals surface area contributed by atoms with E-state index in [9.17, 15) is 4.79 Å². The number of halogens is 1. The Balaban J connectivity index is 2.14. The summed E-state index contributed by atoms with van der Waals surface area (Å²) in [6, 6.07) is 6.56. The summed E-state index contributed by atoms with van der Waals surface area (Å²) >= 11 is 3.50. The maximum absolute atomic E-state index is 10.9. The summed E-state index contributed by atoms with van der Waals surface area (Å²) in [6.07, 6.45) is 0.163. The molecule has 1 saturated heterocycles. The van der Waals surface area contributed by atoms with Crippen LogP contribution in [0.25, 0.3) is 0 Å². The van der Waals surface area contributed by atoms with E-state index in [1.807, 2.05) is 6.07 Å². The minimum atomic E-state index is -0.751. The number of carbonyl (C=O) groups is 1. The fourth-order valence-corrected chi connectivity index (χ4v) is 2.80. The van der Waals surface area contributed by atoms with E-state index in [4.69, 9.17) is 5.11 Å². The Labute approximate surface area is 121 Å². The minimum absolute atomic E-state index is 0.00482. The van der Waals surface area contributed by atoms with Gasteiger partial charge in [0, 0.05) is 35.3 Å². The number of piperazine rings is 1. The fourth-order valence-electron chi connectivity index (χ4n) is 2.55. The molecule has 2 atom stereocenters. The molecule has 2 rings (SSSR count). The van der Waals surface area contributed by atoms with Crippen LogP contribution < -0.4 is 10.2 Å². The van der Waals surface area contributed by atoms with E-state index in [1.165, 1.54) is 5.56 Å². The third-order valence-electron chi connectivity index (χ3n) is 3.38. The summed E-state index contributed by atoms with van der Waals surface area (Å²) in [6.45, 7) is 5.79. The predicted molar refractivity (Wildman–Crippen MR) is 79.7 cm³/mol. The van der Waals surface area contributed by atoms with E-state index in [0.717, 1.165) is 23.2 Å². The highest BCUT2D eigenvalue weighted by atomic mass is 79.9. The summed E-state index contributed by atoms with van der Waals surface area (Å²) < 4.78 is 1.10. The van der Waals surface area contributed by atoms with Crippen molar-refractivity contribution >= 4 is 27.6 Å². The monoisotopic (exact) mass is 326 g/mol. The van der Waals surface area contributed by atoms with Crippen LogP contribution >= 0.6 is 15.9 Å². The van der Waals surface area contributed by atoms with Crippen molar-refractivity contribution in [1.29, 1.82) is 0 Å². The third kappa shape index (κ3) is 3.70. The van der Waals surface area contributed by atoms with Gasteiger partial charge < -0.3 is 15.3 Å². The van der Waals surface area contributed by atoms with Crippen molar-refractivity contribution < 1.29 is 9.90 Å². The average molecular weight is 327 g/mol. The number of rotatable bonds is 3. The Bertz CT molecular complexity index is 479. The van der Waals surface area contributed by atoms with Gasteiger partial charge in [0.25, 0.3) is 0 Å². The van der Waals surface area contributed by atoms with Gasteiger partial charge in [0.15, 0.2) is 0 Å².